The summed E-state index contributed by atoms with van der Waals surface area (Å²) in [5.74, 6) is 0.370. The monoisotopic (exact) mass is 426 g/mol. The average molecular weight is 427 g/mol. The van der Waals surface area contributed by atoms with Gasteiger partial charge in [-0.15, -0.1) is 0 Å². The maximum atomic E-state index is 13.5. The molecule has 162 valence electrons. The largest absolute Gasteiger partial charge is 0.343 e. The standard InChI is InChI=1S/C26H26N4O2/c1-3-29(4-2)26-28-23-17-20(24(31)27-21-13-9-6-10-14-21)15-16-22(23)25(32)30(26)18-19-11-7-5-8-12-19/h5-17H,3-4,18H2,1-2H3,(H,27,31). The molecule has 4 rings (SSSR count). The van der Waals surface area contributed by atoms with Crippen LogP contribution >= 0.6 is 0 Å². The lowest BCUT2D eigenvalue weighted by molar-refractivity contribution is 0.102. The van der Waals surface area contributed by atoms with Gasteiger partial charge in [0.2, 0.25) is 5.95 Å². The molecule has 3 aromatic carbocycles. The van der Waals surface area contributed by atoms with E-state index in [2.05, 4.69) is 10.2 Å². The van der Waals surface area contributed by atoms with Crippen LogP contribution in [0.4, 0.5) is 11.6 Å². The Labute approximate surface area is 187 Å². The fraction of sp³-hybridized carbons (Fsp3) is 0.192. The fourth-order valence-electron chi connectivity index (χ4n) is 3.73. The smallest absolute Gasteiger partial charge is 0.263 e. The summed E-state index contributed by atoms with van der Waals surface area (Å²) in [6.07, 6.45) is 0. The summed E-state index contributed by atoms with van der Waals surface area (Å²) in [4.78, 5) is 33.1. The van der Waals surface area contributed by atoms with Gasteiger partial charge < -0.3 is 10.2 Å². The van der Waals surface area contributed by atoms with E-state index in [1.54, 1.807) is 22.8 Å². The van der Waals surface area contributed by atoms with Crippen molar-refractivity contribution in [3.05, 3.63) is 100 Å². The summed E-state index contributed by atoms with van der Waals surface area (Å²) in [6, 6.07) is 24.2. The van der Waals surface area contributed by atoms with Crippen molar-refractivity contribution in [1.82, 2.24) is 9.55 Å². The molecule has 0 radical (unpaired) electrons. The number of nitrogens with one attached hydrogen (secondary N) is 1. The van der Waals surface area contributed by atoms with E-state index in [0.717, 1.165) is 18.7 Å². The third-order valence-electron chi connectivity index (χ3n) is 5.46. The number of hydrogen-bond acceptors (Lipinski definition) is 4. The Kier molecular flexibility index (Phi) is 6.31. The van der Waals surface area contributed by atoms with Gasteiger partial charge in [-0.2, -0.15) is 0 Å². The minimum Gasteiger partial charge on any atom is -0.343 e. The zero-order valence-corrected chi connectivity index (χ0v) is 18.3. The lowest BCUT2D eigenvalue weighted by atomic mass is 10.1. The van der Waals surface area contributed by atoms with E-state index in [1.807, 2.05) is 74.5 Å². The first-order valence-electron chi connectivity index (χ1n) is 10.8. The van der Waals surface area contributed by atoms with E-state index >= 15 is 0 Å². The van der Waals surface area contributed by atoms with Crippen molar-refractivity contribution in [2.24, 2.45) is 0 Å². The summed E-state index contributed by atoms with van der Waals surface area (Å²) in [6.45, 7) is 5.95. The lowest BCUT2D eigenvalue weighted by Crippen LogP contribution is -2.33. The quantitative estimate of drug-likeness (QED) is 0.471. The summed E-state index contributed by atoms with van der Waals surface area (Å²) in [7, 11) is 0. The van der Waals surface area contributed by atoms with Crippen molar-refractivity contribution >= 4 is 28.4 Å². The Bertz CT molecular complexity index is 1280. The highest BCUT2D eigenvalue weighted by Gasteiger charge is 2.17. The number of anilines is 2. The van der Waals surface area contributed by atoms with Crippen molar-refractivity contribution < 1.29 is 4.79 Å². The molecular formula is C26H26N4O2. The van der Waals surface area contributed by atoms with Gasteiger partial charge in [-0.05, 0) is 49.7 Å². The van der Waals surface area contributed by atoms with Gasteiger partial charge in [0.25, 0.3) is 11.5 Å². The number of rotatable bonds is 7. The molecule has 1 N–H and O–H groups in total. The van der Waals surface area contributed by atoms with Gasteiger partial charge in [-0.25, -0.2) is 4.98 Å². The molecular weight excluding hydrogens is 400 g/mol. The van der Waals surface area contributed by atoms with E-state index < -0.39 is 0 Å². The molecule has 0 unspecified atom stereocenters. The van der Waals surface area contributed by atoms with Gasteiger partial charge in [0, 0.05) is 24.3 Å². The van der Waals surface area contributed by atoms with Crippen LogP contribution in [0.5, 0.6) is 0 Å². The number of para-hydroxylation sites is 1. The van der Waals surface area contributed by atoms with E-state index in [4.69, 9.17) is 4.98 Å². The Morgan fingerprint density at radius 1 is 0.938 bits per heavy atom. The van der Waals surface area contributed by atoms with Gasteiger partial charge in [-0.3, -0.25) is 14.2 Å². The first kappa shape index (κ1) is 21.3. The second kappa shape index (κ2) is 9.47. The predicted octanol–water partition coefficient (Wildman–Crippen LogP) is 4.54. The topological polar surface area (TPSA) is 67.2 Å². The van der Waals surface area contributed by atoms with Crippen LogP contribution in [0.25, 0.3) is 10.9 Å². The van der Waals surface area contributed by atoms with Crippen molar-refractivity contribution in [3.8, 4) is 0 Å². The molecule has 1 aromatic heterocycles. The summed E-state index contributed by atoms with van der Waals surface area (Å²) < 4.78 is 1.72. The second-order valence-electron chi connectivity index (χ2n) is 7.51. The summed E-state index contributed by atoms with van der Waals surface area (Å²) in [5.41, 5.74) is 2.60. The van der Waals surface area contributed by atoms with Crippen molar-refractivity contribution in [3.63, 3.8) is 0 Å². The SMILES string of the molecule is CCN(CC)c1nc2cc(C(=O)Nc3ccccc3)ccc2c(=O)n1Cc1ccccc1. The average Bonchev–Trinajstić information content (AvgIpc) is 2.83. The van der Waals surface area contributed by atoms with E-state index in [-0.39, 0.29) is 11.5 Å². The molecule has 0 saturated carbocycles. The molecule has 0 saturated heterocycles. The number of benzene rings is 3. The Balaban J connectivity index is 1.78. The number of aromatic nitrogens is 2. The fourth-order valence-corrected chi connectivity index (χ4v) is 3.73. The van der Waals surface area contributed by atoms with Crippen LogP contribution in [0.1, 0.15) is 29.8 Å². The van der Waals surface area contributed by atoms with E-state index in [1.165, 1.54) is 0 Å². The van der Waals surface area contributed by atoms with Crippen LogP contribution in [0, 0.1) is 0 Å². The first-order valence-corrected chi connectivity index (χ1v) is 10.8. The molecule has 0 aliphatic heterocycles. The number of fused-ring (bicyclic) bond motifs is 1. The molecule has 0 aliphatic rings. The second-order valence-corrected chi connectivity index (χ2v) is 7.51. The molecule has 6 heteroatoms. The number of amides is 1. The third-order valence-corrected chi connectivity index (χ3v) is 5.46. The van der Waals surface area contributed by atoms with E-state index in [9.17, 15) is 9.59 Å². The maximum Gasteiger partial charge on any atom is 0.263 e. The minimum absolute atomic E-state index is 0.115. The molecule has 0 bridgehead atoms. The molecule has 1 heterocycles. The Hall–Kier alpha value is -3.93. The molecule has 0 spiro atoms. The number of carbonyl (C=O) groups excluding carboxylic acids is 1. The molecule has 0 fully saturated rings. The van der Waals surface area contributed by atoms with Crippen LogP contribution in [-0.2, 0) is 6.54 Å². The van der Waals surface area contributed by atoms with Crippen molar-refractivity contribution in [2.45, 2.75) is 20.4 Å². The van der Waals surface area contributed by atoms with Crippen LogP contribution in [0.15, 0.2) is 83.7 Å². The number of hydrogen-bond donors (Lipinski definition) is 1. The maximum absolute atomic E-state index is 13.5. The predicted molar refractivity (Wildman–Crippen MR) is 130 cm³/mol. The molecule has 4 aromatic rings. The highest BCUT2D eigenvalue weighted by molar-refractivity contribution is 6.06. The van der Waals surface area contributed by atoms with Crippen molar-refractivity contribution in [2.75, 3.05) is 23.3 Å². The summed E-state index contributed by atoms with van der Waals surface area (Å²) >= 11 is 0. The Morgan fingerprint density at radius 3 is 2.25 bits per heavy atom. The lowest BCUT2D eigenvalue weighted by Gasteiger charge is -2.24. The molecule has 6 nitrogen and oxygen atoms in total. The zero-order valence-electron chi connectivity index (χ0n) is 18.3. The van der Waals surface area contributed by atoms with Gasteiger partial charge in [0.15, 0.2) is 0 Å². The van der Waals surface area contributed by atoms with Gasteiger partial charge in [-0.1, -0.05) is 48.5 Å². The summed E-state index contributed by atoms with van der Waals surface area (Å²) in [5, 5.41) is 3.37. The zero-order chi connectivity index (χ0) is 22.5. The van der Waals surface area contributed by atoms with Crippen LogP contribution < -0.4 is 15.8 Å². The molecule has 1 amide bonds. The highest BCUT2D eigenvalue weighted by Crippen LogP contribution is 2.19. The third kappa shape index (κ3) is 4.39. The van der Waals surface area contributed by atoms with E-state index in [0.29, 0.717) is 34.6 Å². The van der Waals surface area contributed by atoms with Crippen LogP contribution in [-0.4, -0.2) is 28.5 Å². The first-order chi connectivity index (χ1) is 15.6. The normalized spacial score (nSPS) is 10.8. The molecule has 0 aliphatic carbocycles. The van der Waals surface area contributed by atoms with Crippen LogP contribution in [0.3, 0.4) is 0 Å². The van der Waals surface area contributed by atoms with Crippen LogP contribution in [0.2, 0.25) is 0 Å². The number of carbonyl (C=O) groups is 1. The molecule has 0 atom stereocenters. The Morgan fingerprint density at radius 2 is 1.59 bits per heavy atom. The highest BCUT2D eigenvalue weighted by atomic mass is 16.1. The minimum atomic E-state index is -0.238. The molecule has 32 heavy (non-hydrogen) atoms. The van der Waals surface area contributed by atoms with Gasteiger partial charge >= 0.3 is 0 Å². The number of nitrogens with zero attached hydrogens (tertiary/aromatic N) is 3. The van der Waals surface area contributed by atoms with Gasteiger partial charge in [0.1, 0.15) is 0 Å². The van der Waals surface area contributed by atoms with Gasteiger partial charge in [0.05, 0.1) is 17.4 Å². The van der Waals surface area contributed by atoms with Crippen molar-refractivity contribution in [1.29, 1.82) is 0 Å².